The molecule has 1 aliphatic rings. The van der Waals surface area contributed by atoms with Crippen LogP contribution in [0, 0.1) is 5.92 Å². The van der Waals surface area contributed by atoms with Gasteiger partial charge in [-0.15, -0.1) is 0 Å². The first-order valence-corrected chi connectivity index (χ1v) is 7.61. The number of nitrogens with two attached hydrogens (primary N) is 1. The maximum Gasteiger partial charge on any atom is 0.0834 e. The second-order valence-electron chi connectivity index (χ2n) is 5.56. The van der Waals surface area contributed by atoms with E-state index in [9.17, 15) is 0 Å². The number of halogens is 1. The Hall–Kier alpha value is -1.36. The number of fused-ring (bicyclic) bond motifs is 1. The molecular weight excluding hydrogens is 286 g/mol. The highest BCUT2D eigenvalue weighted by Gasteiger charge is 2.30. The van der Waals surface area contributed by atoms with Gasteiger partial charge >= 0.3 is 0 Å². The number of hydrogen-bond donors (Lipinski definition) is 1. The molecule has 3 rings (SSSR count). The van der Waals surface area contributed by atoms with E-state index in [0.717, 1.165) is 18.5 Å². The fourth-order valence-electron chi connectivity index (χ4n) is 3.13. The lowest BCUT2D eigenvalue weighted by Gasteiger charge is -2.21. The first-order valence-electron chi connectivity index (χ1n) is 7.23. The Labute approximate surface area is 129 Å². The molecule has 0 spiro atoms. The average Bonchev–Trinajstić information content (AvgIpc) is 3.08. The number of benzene rings is 1. The molecule has 1 aromatic carbocycles. The molecule has 4 nitrogen and oxygen atoms in total. The highest BCUT2D eigenvalue weighted by Crippen LogP contribution is 2.36. The van der Waals surface area contributed by atoms with Gasteiger partial charge in [0.15, 0.2) is 0 Å². The van der Waals surface area contributed by atoms with Crippen LogP contribution in [0.2, 0.25) is 5.02 Å². The van der Waals surface area contributed by atoms with E-state index in [-0.39, 0.29) is 6.04 Å². The van der Waals surface area contributed by atoms with E-state index < -0.39 is 0 Å². The highest BCUT2D eigenvalue weighted by molar-refractivity contribution is 6.31. The van der Waals surface area contributed by atoms with Gasteiger partial charge in [-0.2, -0.15) is 5.10 Å². The molecule has 0 bridgehead atoms. The third kappa shape index (κ3) is 2.84. The van der Waals surface area contributed by atoms with Crippen LogP contribution >= 0.6 is 11.6 Å². The van der Waals surface area contributed by atoms with Gasteiger partial charge in [0.05, 0.1) is 36.1 Å². The van der Waals surface area contributed by atoms with Crippen molar-refractivity contribution in [2.75, 3.05) is 13.7 Å². The molecular formula is C16H20ClN3O. The monoisotopic (exact) mass is 305 g/mol. The predicted molar refractivity (Wildman–Crippen MR) is 83.4 cm³/mol. The fraction of sp³-hybridized carbons (Fsp3) is 0.438. The first-order chi connectivity index (χ1) is 10.2. The molecule has 1 atom stereocenters. The van der Waals surface area contributed by atoms with E-state index in [4.69, 9.17) is 22.1 Å². The quantitative estimate of drug-likeness (QED) is 0.924. The van der Waals surface area contributed by atoms with Crippen molar-refractivity contribution >= 4 is 11.6 Å². The summed E-state index contributed by atoms with van der Waals surface area (Å²) in [6.45, 7) is 1.27. The minimum Gasteiger partial charge on any atom is -0.383 e. The molecule has 112 valence electrons. The zero-order valence-corrected chi connectivity index (χ0v) is 12.9. The minimum atomic E-state index is -0.107. The summed E-state index contributed by atoms with van der Waals surface area (Å²) in [5.41, 5.74) is 10.2. The number of nitrogens with zero attached hydrogens (tertiary/aromatic N) is 2. The van der Waals surface area contributed by atoms with E-state index >= 15 is 0 Å². The molecule has 0 saturated heterocycles. The number of methoxy groups -OCH3 is 1. The van der Waals surface area contributed by atoms with Crippen molar-refractivity contribution < 1.29 is 4.74 Å². The molecule has 2 aromatic rings. The van der Waals surface area contributed by atoms with Crippen molar-refractivity contribution in [3.8, 4) is 0 Å². The molecule has 0 amide bonds. The van der Waals surface area contributed by atoms with Gasteiger partial charge in [-0.1, -0.05) is 35.9 Å². The van der Waals surface area contributed by atoms with Gasteiger partial charge in [-0.3, -0.25) is 4.68 Å². The smallest absolute Gasteiger partial charge is 0.0834 e. The van der Waals surface area contributed by atoms with Crippen LogP contribution in [0.25, 0.3) is 0 Å². The maximum atomic E-state index is 6.51. The van der Waals surface area contributed by atoms with Gasteiger partial charge in [-0.05, 0) is 29.9 Å². The van der Waals surface area contributed by atoms with E-state index in [0.29, 0.717) is 24.1 Å². The summed E-state index contributed by atoms with van der Waals surface area (Å²) in [6.07, 6.45) is 3.68. The molecule has 0 saturated carbocycles. The van der Waals surface area contributed by atoms with Gasteiger partial charge < -0.3 is 10.5 Å². The Morgan fingerprint density at radius 2 is 2.05 bits per heavy atom. The van der Waals surface area contributed by atoms with Crippen molar-refractivity contribution in [1.29, 1.82) is 0 Å². The van der Waals surface area contributed by atoms with Gasteiger partial charge in [0, 0.05) is 7.11 Å². The van der Waals surface area contributed by atoms with Crippen LogP contribution < -0.4 is 5.73 Å². The Kier molecular flexibility index (Phi) is 4.29. The van der Waals surface area contributed by atoms with Gasteiger partial charge in [0.1, 0.15) is 0 Å². The number of hydrogen-bond acceptors (Lipinski definition) is 3. The number of rotatable bonds is 5. The molecule has 0 aliphatic heterocycles. The summed E-state index contributed by atoms with van der Waals surface area (Å²) in [5.74, 6) is 0.373. The second-order valence-corrected chi connectivity index (χ2v) is 5.96. The van der Waals surface area contributed by atoms with Crippen LogP contribution in [-0.4, -0.2) is 23.5 Å². The molecule has 0 radical (unpaired) electrons. The minimum absolute atomic E-state index is 0.107. The molecule has 1 aliphatic carbocycles. The lowest BCUT2D eigenvalue weighted by molar-refractivity contribution is 0.181. The Balaban J connectivity index is 1.80. The molecule has 5 heteroatoms. The van der Waals surface area contributed by atoms with E-state index in [1.807, 2.05) is 4.68 Å². The average molecular weight is 306 g/mol. The van der Waals surface area contributed by atoms with E-state index in [1.165, 1.54) is 11.1 Å². The highest BCUT2D eigenvalue weighted by atomic mass is 35.5. The van der Waals surface area contributed by atoms with E-state index in [2.05, 4.69) is 29.4 Å². The summed E-state index contributed by atoms with van der Waals surface area (Å²) >= 11 is 6.30. The van der Waals surface area contributed by atoms with Crippen LogP contribution in [0.3, 0.4) is 0 Å². The first kappa shape index (κ1) is 14.6. The molecule has 2 N–H and O–H groups in total. The number of ether oxygens (including phenoxy) is 1. The van der Waals surface area contributed by atoms with Crippen molar-refractivity contribution in [2.45, 2.75) is 25.4 Å². The topological polar surface area (TPSA) is 53.1 Å². The van der Waals surface area contributed by atoms with Gasteiger partial charge in [0.25, 0.3) is 0 Å². The Morgan fingerprint density at radius 3 is 2.67 bits per heavy atom. The standard InChI is InChI=1S/C16H20ClN3O/c1-21-7-6-20-16(14(17)10-19-20)15(18)13-8-11-4-2-3-5-12(11)9-13/h2-5,10,13,15H,6-9,18H2,1H3. The normalized spacial score (nSPS) is 16.1. The Bertz CT molecular complexity index is 601. The largest absolute Gasteiger partial charge is 0.383 e. The maximum absolute atomic E-state index is 6.51. The lowest BCUT2D eigenvalue weighted by atomic mass is 9.94. The van der Waals surface area contributed by atoms with Crippen molar-refractivity contribution in [1.82, 2.24) is 9.78 Å². The van der Waals surface area contributed by atoms with Gasteiger partial charge in [0.2, 0.25) is 0 Å². The number of aromatic nitrogens is 2. The van der Waals surface area contributed by atoms with Crippen LogP contribution in [0.4, 0.5) is 0 Å². The molecule has 1 aromatic heterocycles. The summed E-state index contributed by atoms with van der Waals surface area (Å²) in [4.78, 5) is 0. The van der Waals surface area contributed by atoms with Crippen molar-refractivity contribution in [3.05, 3.63) is 52.3 Å². The van der Waals surface area contributed by atoms with Crippen LogP contribution in [0.15, 0.2) is 30.5 Å². The van der Waals surface area contributed by atoms with Crippen molar-refractivity contribution in [3.63, 3.8) is 0 Å². The lowest BCUT2D eigenvalue weighted by Crippen LogP contribution is -2.26. The molecule has 21 heavy (non-hydrogen) atoms. The SMILES string of the molecule is COCCn1ncc(Cl)c1C(N)C1Cc2ccccc2C1. The van der Waals surface area contributed by atoms with Crippen LogP contribution in [-0.2, 0) is 24.1 Å². The summed E-state index contributed by atoms with van der Waals surface area (Å²) in [5, 5.41) is 4.97. The van der Waals surface area contributed by atoms with E-state index in [1.54, 1.807) is 13.3 Å². The zero-order chi connectivity index (χ0) is 14.8. The van der Waals surface area contributed by atoms with Crippen LogP contribution in [0.1, 0.15) is 22.9 Å². The zero-order valence-electron chi connectivity index (χ0n) is 12.1. The van der Waals surface area contributed by atoms with Gasteiger partial charge in [-0.25, -0.2) is 0 Å². The second kappa shape index (κ2) is 6.18. The molecule has 1 unspecified atom stereocenters. The van der Waals surface area contributed by atoms with Crippen molar-refractivity contribution in [2.24, 2.45) is 11.7 Å². The Morgan fingerprint density at radius 1 is 1.38 bits per heavy atom. The predicted octanol–water partition coefficient (Wildman–Crippen LogP) is 2.60. The molecule has 0 fully saturated rings. The summed E-state index contributed by atoms with van der Waals surface area (Å²) in [6, 6.07) is 8.44. The summed E-state index contributed by atoms with van der Waals surface area (Å²) < 4.78 is 7.00. The summed E-state index contributed by atoms with van der Waals surface area (Å²) in [7, 11) is 1.68. The third-order valence-electron chi connectivity index (χ3n) is 4.25. The molecule has 1 heterocycles. The third-order valence-corrected chi connectivity index (χ3v) is 4.54. The fourth-order valence-corrected chi connectivity index (χ4v) is 3.40. The van der Waals surface area contributed by atoms with Crippen LogP contribution in [0.5, 0.6) is 0 Å².